The monoisotopic (exact) mass is 275 g/mol. The maximum atomic E-state index is 13.3. The Labute approximate surface area is 120 Å². The lowest BCUT2D eigenvalue weighted by molar-refractivity contribution is 0.173. The van der Waals surface area contributed by atoms with Crippen LogP contribution in [0.25, 0.3) is 0 Å². The van der Waals surface area contributed by atoms with Gasteiger partial charge in [-0.05, 0) is 69.7 Å². The molecular formula is C16H22FN3. The van der Waals surface area contributed by atoms with E-state index in [1.165, 1.54) is 25.0 Å². The summed E-state index contributed by atoms with van der Waals surface area (Å²) in [6.07, 6.45) is 2.43. The van der Waals surface area contributed by atoms with Crippen LogP contribution in [0, 0.1) is 23.1 Å². The molecular weight excluding hydrogens is 253 g/mol. The summed E-state index contributed by atoms with van der Waals surface area (Å²) in [6, 6.07) is 6.52. The van der Waals surface area contributed by atoms with Crippen LogP contribution in [0.2, 0.25) is 0 Å². The molecule has 0 atom stereocenters. The van der Waals surface area contributed by atoms with Crippen LogP contribution in [0.15, 0.2) is 18.2 Å². The van der Waals surface area contributed by atoms with E-state index in [1.54, 1.807) is 6.07 Å². The van der Waals surface area contributed by atoms with E-state index in [2.05, 4.69) is 22.9 Å². The molecule has 108 valence electrons. The summed E-state index contributed by atoms with van der Waals surface area (Å²) < 4.78 is 13.3. The van der Waals surface area contributed by atoms with E-state index in [9.17, 15) is 4.39 Å². The summed E-state index contributed by atoms with van der Waals surface area (Å²) in [5.74, 6) is 0.432. The van der Waals surface area contributed by atoms with Crippen molar-refractivity contribution in [2.24, 2.45) is 5.92 Å². The molecule has 0 spiro atoms. The molecule has 0 amide bonds. The van der Waals surface area contributed by atoms with Gasteiger partial charge in [0.1, 0.15) is 5.82 Å². The van der Waals surface area contributed by atoms with Crippen LogP contribution in [-0.2, 0) is 6.54 Å². The van der Waals surface area contributed by atoms with E-state index >= 15 is 0 Å². The molecule has 3 nitrogen and oxygen atoms in total. The number of benzene rings is 1. The first kappa shape index (κ1) is 15.0. The van der Waals surface area contributed by atoms with Crippen LogP contribution in [0.4, 0.5) is 4.39 Å². The molecule has 1 aliphatic rings. The van der Waals surface area contributed by atoms with Gasteiger partial charge in [-0.2, -0.15) is 5.26 Å². The van der Waals surface area contributed by atoms with E-state index in [0.717, 1.165) is 25.2 Å². The predicted octanol–water partition coefficient (Wildman–Crippen LogP) is 2.47. The molecule has 0 bridgehead atoms. The van der Waals surface area contributed by atoms with Gasteiger partial charge in [-0.1, -0.05) is 0 Å². The van der Waals surface area contributed by atoms with E-state index < -0.39 is 0 Å². The zero-order chi connectivity index (χ0) is 14.5. The first-order valence-corrected chi connectivity index (χ1v) is 7.14. The predicted molar refractivity (Wildman–Crippen MR) is 77.7 cm³/mol. The largest absolute Gasteiger partial charge is 0.306 e. The molecule has 1 aromatic rings. The summed E-state index contributed by atoms with van der Waals surface area (Å²) in [5, 5.41) is 9.08. The molecule has 0 unspecified atom stereocenters. The number of piperidine rings is 1. The van der Waals surface area contributed by atoms with E-state index in [4.69, 9.17) is 5.26 Å². The molecule has 4 heteroatoms. The lowest BCUT2D eigenvalue weighted by Crippen LogP contribution is -2.35. The Morgan fingerprint density at radius 3 is 2.75 bits per heavy atom. The minimum absolute atomic E-state index is 0.272. The van der Waals surface area contributed by atoms with Gasteiger partial charge < -0.3 is 9.80 Å². The minimum Gasteiger partial charge on any atom is -0.306 e. The van der Waals surface area contributed by atoms with Crippen LogP contribution in [-0.4, -0.2) is 43.5 Å². The third-order valence-electron chi connectivity index (χ3n) is 4.04. The van der Waals surface area contributed by atoms with Gasteiger partial charge in [0.2, 0.25) is 0 Å². The average molecular weight is 275 g/mol. The fourth-order valence-electron chi connectivity index (χ4n) is 2.84. The van der Waals surface area contributed by atoms with E-state index in [-0.39, 0.29) is 5.82 Å². The van der Waals surface area contributed by atoms with Gasteiger partial charge in [0.15, 0.2) is 0 Å². The SMILES string of the molecule is CN1CCC(CN(C)Cc2cc(F)ccc2C#N)CC1. The van der Waals surface area contributed by atoms with E-state index in [0.29, 0.717) is 18.0 Å². The molecule has 1 saturated heterocycles. The second kappa shape index (κ2) is 6.83. The molecule has 0 radical (unpaired) electrons. The fourth-order valence-corrected chi connectivity index (χ4v) is 2.84. The number of nitriles is 1. The number of rotatable bonds is 4. The van der Waals surface area contributed by atoms with Crippen LogP contribution in [0.5, 0.6) is 0 Å². The first-order chi connectivity index (χ1) is 9.58. The molecule has 2 rings (SSSR count). The zero-order valence-electron chi connectivity index (χ0n) is 12.3. The molecule has 0 aromatic heterocycles. The number of likely N-dealkylation sites (tertiary alicyclic amines) is 1. The van der Waals surface area contributed by atoms with Gasteiger partial charge in [-0.3, -0.25) is 0 Å². The van der Waals surface area contributed by atoms with Crippen molar-refractivity contribution < 1.29 is 4.39 Å². The Kier molecular flexibility index (Phi) is 5.11. The number of hydrogen-bond donors (Lipinski definition) is 0. The van der Waals surface area contributed by atoms with Crippen molar-refractivity contribution in [1.82, 2.24) is 9.80 Å². The fraction of sp³-hybridized carbons (Fsp3) is 0.562. The lowest BCUT2D eigenvalue weighted by atomic mass is 9.96. The number of halogens is 1. The maximum Gasteiger partial charge on any atom is 0.123 e. The Bertz CT molecular complexity index is 487. The third kappa shape index (κ3) is 4.03. The molecule has 0 saturated carbocycles. The van der Waals surface area contributed by atoms with Crippen molar-refractivity contribution >= 4 is 0 Å². The number of hydrogen-bond acceptors (Lipinski definition) is 3. The maximum absolute atomic E-state index is 13.3. The second-order valence-corrected chi connectivity index (χ2v) is 5.86. The summed E-state index contributed by atoms with van der Waals surface area (Å²) >= 11 is 0. The molecule has 1 heterocycles. The third-order valence-corrected chi connectivity index (χ3v) is 4.04. The van der Waals surface area contributed by atoms with Gasteiger partial charge in [-0.15, -0.1) is 0 Å². The molecule has 0 N–H and O–H groups in total. The van der Waals surface area contributed by atoms with Crippen LogP contribution in [0.3, 0.4) is 0 Å². The lowest BCUT2D eigenvalue weighted by Gasteiger charge is -2.31. The van der Waals surface area contributed by atoms with Crippen molar-refractivity contribution in [3.63, 3.8) is 0 Å². The molecule has 0 aliphatic carbocycles. The summed E-state index contributed by atoms with van der Waals surface area (Å²) in [7, 11) is 4.20. The standard InChI is InChI=1S/C16H22FN3/c1-19-7-5-13(6-8-19)11-20(2)12-15-9-16(17)4-3-14(15)10-18/h3-4,9,13H,5-8,11-12H2,1-2H3. The summed E-state index contributed by atoms with van der Waals surface area (Å²) in [4.78, 5) is 4.56. The normalized spacial score (nSPS) is 17.4. The van der Waals surface area contributed by atoms with Crippen molar-refractivity contribution in [3.05, 3.63) is 35.1 Å². The Morgan fingerprint density at radius 1 is 1.40 bits per heavy atom. The molecule has 1 aliphatic heterocycles. The van der Waals surface area contributed by atoms with Crippen LogP contribution in [0.1, 0.15) is 24.0 Å². The topological polar surface area (TPSA) is 30.3 Å². The molecule has 1 fully saturated rings. The van der Waals surface area contributed by atoms with Crippen molar-refractivity contribution in [2.75, 3.05) is 33.7 Å². The van der Waals surface area contributed by atoms with Crippen molar-refractivity contribution in [2.45, 2.75) is 19.4 Å². The summed E-state index contributed by atoms with van der Waals surface area (Å²) in [6.45, 7) is 3.95. The van der Waals surface area contributed by atoms with Crippen molar-refractivity contribution in [1.29, 1.82) is 5.26 Å². The number of nitrogens with zero attached hydrogens (tertiary/aromatic N) is 3. The van der Waals surface area contributed by atoms with Crippen LogP contribution < -0.4 is 0 Å². The second-order valence-electron chi connectivity index (χ2n) is 5.86. The zero-order valence-corrected chi connectivity index (χ0v) is 12.3. The van der Waals surface area contributed by atoms with Gasteiger partial charge in [-0.25, -0.2) is 4.39 Å². The van der Waals surface area contributed by atoms with Gasteiger partial charge in [0.05, 0.1) is 11.6 Å². The van der Waals surface area contributed by atoms with Gasteiger partial charge in [0.25, 0.3) is 0 Å². The highest BCUT2D eigenvalue weighted by Gasteiger charge is 2.18. The first-order valence-electron chi connectivity index (χ1n) is 7.14. The minimum atomic E-state index is -0.272. The van der Waals surface area contributed by atoms with Gasteiger partial charge >= 0.3 is 0 Å². The smallest absolute Gasteiger partial charge is 0.123 e. The summed E-state index contributed by atoms with van der Waals surface area (Å²) in [5.41, 5.74) is 1.35. The Hall–Kier alpha value is -1.44. The molecule has 20 heavy (non-hydrogen) atoms. The van der Waals surface area contributed by atoms with Crippen LogP contribution >= 0.6 is 0 Å². The van der Waals surface area contributed by atoms with Crippen molar-refractivity contribution in [3.8, 4) is 6.07 Å². The highest BCUT2D eigenvalue weighted by molar-refractivity contribution is 5.37. The average Bonchev–Trinajstić information content (AvgIpc) is 2.41. The molecule has 1 aromatic carbocycles. The Balaban J connectivity index is 1.93. The van der Waals surface area contributed by atoms with E-state index in [1.807, 2.05) is 7.05 Å². The highest BCUT2D eigenvalue weighted by atomic mass is 19.1. The Morgan fingerprint density at radius 2 is 2.10 bits per heavy atom. The quantitative estimate of drug-likeness (QED) is 0.845. The van der Waals surface area contributed by atoms with Gasteiger partial charge in [0, 0.05) is 13.1 Å². The highest BCUT2D eigenvalue weighted by Crippen LogP contribution is 2.19.